The minimum atomic E-state index is -0.340. The van der Waals surface area contributed by atoms with Crippen molar-refractivity contribution in [1.29, 1.82) is 0 Å². The summed E-state index contributed by atoms with van der Waals surface area (Å²) in [5.74, 6) is 0.310. The second-order valence-corrected chi connectivity index (χ2v) is 6.89. The smallest absolute Gasteiger partial charge is 0.237 e. The largest absolute Gasteiger partial charge is 0.494 e. The minimum Gasteiger partial charge on any atom is -0.494 e. The van der Waals surface area contributed by atoms with Crippen LogP contribution in [0.5, 0.6) is 5.75 Å². The van der Waals surface area contributed by atoms with Gasteiger partial charge in [0.05, 0.1) is 12.9 Å². The number of anilines is 1. The summed E-state index contributed by atoms with van der Waals surface area (Å²) in [6, 6.07) is 11.5. The van der Waals surface area contributed by atoms with Crippen molar-refractivity contribution in [2.45, 2.75) is 19.0 Å². The van der Waals surface area contributed by atoms with E-state index in [2.05, 4.69) is 15.5 Å². The third-order valence-electron chi connectivity index (χ3n) is 4.08. The molecular formula is C19H20FN5O2S. The maximum atomic E-state index is 13.1. The van der Waals surface area contributed by atoms with Gasteiger partial charge in [-0.05, 0) is 66.2 Å². The van der Waals surface area contributed by atoms with Crippen molar-refractivity contribution >= 4 is 23.4 Å². The Labute approximate surface area is 166 Å². The van der Waals surface area contributed by atoms with Gasteiger partial charge in [-0.25, -0.2) is 4.39 Å². The van der Waals surface area contributed by atoms with Crippen LogP contribution in [-0.4, -0.2) is 45.5 Å². The molecule has 0 aliphatic carbocycles. The first-order chi connectivity index (χ1) is 13.5. The number of nitrogens with zero attached hydrogens (tertiary/aromatic N) is 5. The number of hydrogen-bond acceptors (Lipinski definition) is 6. The number of carbonyl (C=O) groups excluding carboxylic acids is 1. The van der Waals surface area contributed by atoms with E-state index in [4.69, 9.17) is 4.74 Å². The predicted molar refractivity (Wildman–Crippen MR) is 106 cm³/mol. The van der Waals surface area contributed by atoms with Gasteiger partial charge < -0.3 is 9.64 Å². The van der Waals surface area contributed by atoms with Crippen LogP contribution in [-0.2, 0) is 4.79 Å². The third kappa shape index (κ3) is 4.30. The fourth-order valence-electron chi connectivity index (χ4n) is 2.71. The van der Waals surface area contributed by atoms with Gasteiger partial charge in [0.1, 0.15) is 17.3 Å². The molecule has 0 unspecified atom stereocenters. The Kier molecular flexibility index (Phi) is 6.25. The van der Waals surface area contributed by atoms with Crippen molar-refractivity contribution in [3.8, 4) is 11.4 Å². The van der Waals surface area contributed by atoms with Gasteiger partial charge in [-0.2, -0.15) is 4.68 Å². The molecule has 0 spiro atoms. The van der Waals surface area contributed by atoms with E-state index in [1.54, 1.807) is 28.8 Å². The summed E-state index contributed by atoms with van der Waals surface area (Å²) in [7, 11) is 1.58. The van der Waals surface area contributed by atoms with Crippen molar-refractivity contribution < 1.29 is 13.9 Å². The molecule has 0 aliphatic rings. The number of methoxy groups -OCH3 is 1. The molecule has 0 atom stereocenters. The molecule has 0 aliphatic heterocycles. The number of hydrogen-bond donors (Lipinski definition) is 0. The topological polar surface area (TPSA) is 73.1 Å². The Morgan fingerprint density at radius 3 is 2.68 bits per heavy atom. The molecule has 7 nitrogen and oxygen atoms in total. The number of tetrazole rings is 1. The third-order valence-corrected chi connectivity index (χ3v) is 4.99. The van der Waals surface area contributed by atoms with Crippen LogP contribution in [0.2, 0.25) is 0 Å². The van der Waals surface area contributed by atoms with Crippen LogP contribution in [0.4, 0.5) is 10.1 Å². The Morgan fingerprint density at radius 2 is 2.00 bits per heavy atom. The first kappa shape index (κ1) is 19.8. The van der Waals surface area contributed by atoms with Gasteiger partial charge in [0.15, 0.2) is 0 Å². The molecule has 146 valence electrons. The van der Waals surface area contributed by atoms with Gasteiger partial charge >= 0.3 is 0 Å². The van der Waals surface area contributed by atoms with Gasteiger partial charge in [-0.3, -0.25) is 4.79 Å². The van der Waals surface area contributed by atoms with E-state index in [9.17, 15) is 9.18 Å². The quantitative estimate of drug-likeness (QED) is 0.566. The van der Waals surface area contributed by atoms with Crippen molar-refractivity contribution in [2.24, 2.45) is 0 Å². The van der Waals surface area contributed by atoms with Crippen LogP contribution >= 0.6 is 11.8 Å². The van der Waals surface area contributed by atoms with E-state index in [1.165, 1.54) is 23.9 Å². The number of aryl methyl sites for hydroxylation is 1. The number of aromatic nitrogens is 4. The van der Waals surface area contributed by atoms with Crippen LogP contribution in [0, 0.1) is 12.7 Å². The highest BCUT2D eigenvalue weighted by Crippen LogP contribution is 2.27. The summed E-state index contributed by atoms with van der Waals surface area (Å²) >= 11 is 1.23. The number of carbonyl (C=O) groups is 1. The zero-order valence-electron chi connectivity index (χ0n) is 15.8. The van der Waals surface area contributed by atoms with Gasteiger partial charge in [0.2, 0.25) is 11.1 Å². The number of halogens is 1. The summed E-state index contributed by atoms with van der Waals surface area (Å²) < 4.78 is 20.1. The number of ether oxygens (including phenoxy) is 1. The lowest BCUT2D eigenvalue weighted by Gasteiger charge is -2.20. The maximum Gasteiger partial charge on any atom is 0.237 e. The van der Waals surface area contributed by atoms with Crippen molar-refractivity contribution in [3.63, 3.8) is 0 Å². The fourth-order valence-corrected chi connectivity index (χ4v) is 3.47. The molecule has 9 heteroatoms. The monoisotopic (exact) mass is 401 g/mol. The van der Waals surface area contributed by atoms with E-state index in [0.29, 0.717) is 28.8 Å². The first-order valence-corrected chi connectivity index (χ1v) is 9.64. The maximum absolute atomic E-state index is 13.1. The second kappa shape index (κ2) is 8.83. The van der Waals surface area contributed by atoms with E-state index >= 15 is 0 Å². The van der Waals surface area contributed by atoms with Crippen molar-refractivity contribution in [1.82, 2.24) is 20.2 Å². The minimum absolute atomic E-state index is 0.120. The molecule has 28 heavy (non-hydrogen) atoms. The molecule has 3 rings (SSSR count). The number of rotatable bonds is 7. The molecule has 0 radical (unpaired) electrons. The number of thioether (sulfide) groups is 1. The summed E-state index contributed by atoms with van der Waals surface area (Å²) in [5, 5.41) is 12.3. The highest BCUT2D eigenvalue weighted by Gasteiger charge is 2.18. The lowest BCUT2D eigenvalue weighted by atomic mass is 10.2. The molecule has 2 aromatic carbocycles. The van der Waals surface area contributed by atoms with Gasteiger partial charge in [0, 0.05) is 12.2 Å². The van der Waals surface area contributed by atoms with Gasteiger partial charge in [0.25, 0.3) is 0 Å². The number of benzene rings is 2. The average molecular weight is 401 g/mol. The molecule has 0 saturated heterocycles. The molecule has 1 heterocycles. The average Bonchev–Trinajstić information content (AvgIpc) is 3.17. The van der Waals surface area contributed by atoms with Crippen LogP contribution in [0.1, 0.15) is 12.5 Å². The fraction of sp³-hybridized carbons (Fsp3) is 0.263. The van der Waals surface area contributed by atoms with Gasteiger partial charge in [-0.15, -0.1) is 5.10 Å². The molecule has 0 bridgehead atoms. The summed E-state index contributed by atoms with van der Waals surface area (Å²) in [6.07, 6.45) is 0. The highest BCUT2D eigenvalue weighted by molar-refractivity contribution is 7.99. The molecule has 0 fully saturated rings. The Hall–Kier alpha value is -2.94. The van der Waals surface area contributed by atoms with Gasteiger partial charge in [-0.1, -0.05) is 17.8 Å². The molecule has 0 N–H and O–H groups in total. The van der Waals surface area contributed by atoms with E-state index in [0.717, 1.165) is 5.56 Å². The summed E-state index contributed by atoms with van der Waals surface area (Å²) in [6.45, 7) is 4.31. The Bertz CT molecular complexity index is 961. The van der Waals surface area contributed by atoms with E-state index in [-0.39, 0.29) is 17.5 Å². The second-order valence-electron chi connectivity index (χ2n) is 5.95. The standard InChI is InChI=1S/C19H20FN5O2S/c1-4-24(15-8-6-14(20)7-9-15)18(26)12-28-19-21-22-23-25(19)16-11-13(2)5-10-17(16)27-3/h5-11H,4,12H2,1-3H3. The molecule has 1 aromatic heterocycles. The molecular weight excluding hydrogens is 381 g/mol. The highest BCUT2D eigenvalue weighted by atomic mass is 32.2. The van der Waals surface area contributed by atoms with E-state index < -0.39 is 0 Å². The van der Waals surface area contributed by atoms with Crippen LogP contribution in [0.25, 0.3) is 5.69 Å². The SMILES string of the molecule is CCN(C(=O)CSc1nnnn1-c1cc(C)ccc1OC)c1ccc(F)cc1. The normalized spacial score (nSPS) is 10.7. The van der Waals surface area contributed by atoms with Crippen LogP contribution in [0.3, 0.4) is 0 Å². The number of amides is 1. The molecule has 0 saturated carbocycles. The summed E-state index contributed by atoms with van der Waals surface area (Å²) in [4.78, 5) is 14.3. The summed E-state index contributed by atoms with van der Waals surface area (Å²) in [5.41, 5.74) is 2.38. The lowest BCUT2D eigenvalue weighted by Crippen LogP contribution is -2.32. The molecule has 3 aromatic rings. The zero-order chi connectivity index (χ0) is 20.1. The zero-order valence-corrected chi connectivity index (χ0v) is 16.6. The van der Waals surface area contributed by atoms with Crippen LogP contribution < -0.4 is 9.64 Å². The lowest BCUT2D eigenvalue weighted by molar-refractivity contribution is -0.116. The Balaban J connectivity index is 1.77. The van der Waals surface area contributed by atoms with Crippen molar-refractivity contribution in [2.75, 3.05) is 24.3 Å². The van der Waals surface area contributed by atoms with Crippen LogP contribution in [0.15, 0.2) is 47.6 Å². The Morgan fingerprint density at radius 1 is 1.25 bits per heavy atom. The molecule has 1 amide bonds. The van der Waals surface area contributed by atoms with E-state index in [1.807, 2.05) is 32.0 Å². The predicted octanol–water partition coefficient (Wildman–Crippen LogP) is 3.26. The van der Waals surface area contributed by atoms with Crippen molar-refractivity contribution in [3.05, 3.63) is 53.8 Å². The first-order valence-electron chi connectivity index (χ1n) is 8.65.